The normalized spacial score (nSPS) is 12.3. The summed E-state index contributed by atoms with van der Waals surface area (Å²) < 4.78 is 26.6. The molecule has 0 spiro atoms. The van der Waals surface area contributed by atoms with Crippen LogP contribution in [0.1, 0.15) is 30.1 Å². The van der Waals surface area contributed by atoms with Gasteiger partial charge in [-0.05, 0) is 18.6 Å². The highest BCUT2D eigenvalue weighted by molar-refractivity contribution is 9.09. The van der Waals surface area contributed by atoms with Crippen molar-refractivity contribution in [3.8, 4) is 0 Å². The van der Waals surface area contributed by atoms with Gasteiger partial charge in [-0.15, -0.1) is 0 Å². The number of carbonyl (C=O) groups is 1. The lowest BCUT2D eigenvalue weighted by molar-refractivity contribution is 0.0949. The quantitative estimate of drug-likeness (QED) is 0.639. The molecule has 1 N–H and O–H groups in total. The molecule has 1 rings (SSSR count). The van der Waals surface area contributed by atoms with Gasteiger partial charge in [0.15, 0.2) is 0 Å². The van der Waals surface area contributed by atoms with Gasteiger partial charge in [-0.1, -0.05) is 40.9 Å². The van der Waals surface area contributed by atoms with E-state index in [0.717, 1.165) is 25.0 Å². The first kappa shape index (κ1) is 15.4. The maximum atomic E-state index is 13.4. The smallest absolute Gasteiger partial charge is 0.254 e. The lowest BCUT2D eigenvalue weighted by Crippen LogP contribution is -2.30. The zero-order valence-electron chi connectivity index (χ0n) is 9.77. The maximum Gasteiger partial charge on any atom is 0.254 e. The van der Waals surface area contributed by atoms with E-state index in [1.54, 1.807) is 0 Å². The van der Waals surface area contributed by atoms with E-state index >= 15 is 0 Å². The molecular formula is C12H13BrClF2NO. The van der Waals surface area contributed by atoms with Crippen LogP contribution in [-0.2, 0) is 0 Å². The maximum absolute atomic E-state index is 13.4. The van der Waals surface area contributed by atoms with E-state index < -0.39 is 17.5 Å². The van der Waals surface area contributed by atoms with Gasteiger partial charge in [0, 0.05) is 11.4 Å². The minimum Gasteiger partial charge on any atom is -0.351 e. The number of nitrogens with one attached hydrogen (secondary N) is 1. The highest BCUT2D eigenvalue weighted by Crippen LogP contribution is 2.19. The van der Waals surface area contributed by atoms with Crippen LogP contribution in [0.3, 0.4) is 0 Å². The van der Waals surface area contributed by atoms with E-state index in [4.69, 9.17) is 11.6 Å². The second-order valence-electron chi connectivity index (χ2n) is 3.84. The van der Waals surface area contributed by atoms with Gasteiger partial charge < -0.3 is 5.32 Å². The van der Waals surface area contributed by atoms with Crippen LogP contribution >= 0.6 is 27.5 Å². The van der Waals surface area contributed by atoms with Gasteiger partial charge in [0.2, 0.25) is 0 Å². The molecule has 1 aromatic rings. The third kappa shape index (κ3) is 4.21. The Hall–Kier alpha value is -0.680. The second kappa shape index (κ2) is 7.04. The monoisotopic (exact) mass is 339 g/mol. The number of benzene rings is 1. The molecule has 0 aromatic heterocycles. The van der Waals surface area contributed by atoms with E-state index in [0.29, 0.717) is 6.54 Å². The van der Waals surface area contributed by atoms with Crippen molar-refractivity contribution in [2.45, 2.75) is 24.6 Å². The molecule has 0 saturated carbocycles. The van der Waals surface area contributed by atoms with Crippen LogP contribution in [0.25, 0.3) is 0 Å². The standard InChI is InChI=1S/C12H13BrClF2NO/c1-2-3-7(13)6-17-12(18)8-4-11(16)9(14)5-10(8)15/h4-5,7H,2-3,6H2,1H3,(H,17,18). The van der Waals surface area contributed by atoms with Gasteiger partial charge in [0.25, 0.3) is 5.91 Å². The molecule has 0 radical (unpaired) electrons. The molecular weight excluding hydrogens is 327 g/mol. The van der Waals surface area contributed by atoms with Crippen molar-refractivity contribution in [3.63, 3.8) is 0 Å². The topological polar surface area (TPSA) is 29.1 Å². The van der Waals surface area contributed by atoms with Gasteiger partial charge >= 0.3 is 0 Å². The number of hydrogen-bond donors (Lipinski definition) is 1. The fourth-order valence-corrected chi connectivity index (χ4v) is 2.18. The first-order chi connectivity index (χ1) is 8.45. The van der Waals surface area contributed by atoms with E-state index in [1.165, 1.54) is 0 Å². The Morgan fingerprint density at radius 3 is 2.72 bits per heavy atom. The van der Waals surface area contributed by atoms with E-state index in [2.05, 4.69) is 21.2 Å². The van der Waals surface area contributed by atoms with Crippen LogP contribution in [0.2, 0.25) is 5.02 Å². The summed E-state index contributed by atoms with van der Waals surface area (Å²) in [5.41, 5.74) is -0.340. The van der Waals surface area contributed by atoms with Crippen LogP contribution in [0.15, 0.2) is 12.1 Å². The fraction of sp³-hybridized carbons (Fsp3) is 0.417. The molecule has 1 amide bonds. The van der Waals surface area contributed by atoms with Crippen molar-refractivity contribution in [1.29, 1.82) is 0 Å². The lowest BCUT2D eigenvalue weighted by Gasteiger charge is -2.10. The third-order valence-corrected chi connectivity index (χ3v) is 3.41. The average Bonchev–Trinajstić information content (AvgIpc) is 2.31. The van der Waals surface area contributed by atoms with E-state index in [-0.39, 0.29) is 15.4 Å². The summed E-state index contributed by atoms with van der Waals surface area (Å²) in [5.74, 6) is -2.30. The SMILES string of the molecule is CCCC(Br)CNC(=O)c1cc(F)c(Cl)cc1F. The van der Waals surface area contributed by atoms with Crippen LogP contribution in [-0.4, -0.2) is 17.3 Å². The molecule has 18 heavy (non-hydrogen) atoms. The zero-order chi connectivity index (χ0) is 13.7. The van der Waals surface area contributed by atoms with Crippen molar-refractivity contribution in [2.75, 3.05) is 6.54 Å². The van der Waals surface area contributed by atoms with Crippen molar-refractivity contribution in [3.05, 3.63) is 34.4 Å². The number of amides is 1. The number of halogens is 4. The second-order valence-corrected chi connectivity index (χ2v) is 5.54. The number of alkyl halides is 1. The summed E-state index contributed by atoms with van der Waals surface area (Å²) in [5, 5.41) is 2.20. The molecule has 0 aliphatic carbocycles. The summed E-state index contributed by atoms with van der Waals surface area (Å²) in [6, 6.07) is 1.60. The van der Waals surface area contributed by atoms with Gasteiger partial charge in [0.05, 0.1) is 10.6 Å². The van der Waals surface area contributed by atoms with Crippen molar-refractivity contribution >= 4 is 33.4 Å². The molecule has 2 nitrogen and oxygen atoms in total. The summed E-state index contributed by atoms with van der Waals surface area (Å²) >= 11 is 8.79. The Balaban J connectivity index is 2.70. The van der Waals surface area contributed by atoms with Crippen molar-refractivity contribution < 1.29 is 13.6 Å². The number of hydrogen-bond acceptors (Lipinski definition) is 1. The van der Waals surface area contributed by atoms with Gasteiger partial charge in [-0.3, -0.25) is 4.79 Å². The lowest BCUT2D eigenvalue weighted by atomic mass is 10.2. The van der Waals surface area contributed by atoms with Gasteiger partial charge in [-0.2, -0.15) is 0 Å². The molecule has 0 aliphatic rings. The predicted molar refractivity (Wildman–Crippen MR) is 71.3 cm³/mol. The molecule has 6 heteroatoms. The van der Waals surface area contributed by atoms with Gasteiger partial charge in [-0.25, -0.2) is 8.78 Å². The Labute approximate surface area is 118 Å². The molecule has 0 bridgehead atoms. The minimum absolute atomic E-state index is 0.117. The first-order valence-electron chi connectivity index (χ1n) is 5.52. The summed E-state index contributed by atoms with van der Waals surface area (Å²) in [6.45, 7) is 2.38. The van der Waals surface area contributed by atoms with E-state index in [1.807, 2.05) is 6.92 Å². The Kier molecular flexibility index (Phi) is 6.02. The highest BCUT2D eigenvalue weighted by Gasteiger charge is 2.16. The fourth-order valence-electron chi connectivity index (χ4n) is 1.41. The molecule has 0 aliphatic heterocycles. The predicted octanol–water partition coefficient (Wildman–Crippen LogP) is 3.91. The molecule has 0 saturated heterocycles. The average molecular weight is 341 g/mol. The Morgan fingerprint density at radius 2 is 2.11 bits per heavy atom. The first-order valence-corrected chi connectivity index (χ1v) is 6.81. The molecule has 1 aromatic carbocycles. The van der Waals surface area contributed by atoms with Crippen LogP contribution < -0.4 is 5.32 Å². The number of rotatable bonds is 5. The Morgan fingerprint density at radius 1 is 1.44 bits per heavy atom. The van der Waals surface area contributed by atoms with Crippen molar-refractivity contribution in [1.82, 2.24) is 5.32 Å². The molecule has 1 atom stereocenters. The van der Waals surface area contributed by atoms with Crippen LogP contribution in [0.5, 0.6) is 0 Å². The largest absolute Gasteiger partial charge is 0.351 e. The summed E-state index contributed by atoms with van der Waals surface area (Å²) in [7, 11) is 0. The van der Waals surface area contributed by atoms with E-state index in [9.17, 15) is 13.6 Å². The Bertz CT molecular complexity index is 442. The third-order valence-electron chi connectivity index (χ3n) is 2.34. The molecule has 1 unspecified atom stereocenters. The minimum atomic E-state index is -0.833. The summed E-state index contributed by atoms with van der Waals surface area (Å²) in [6.07, 6.45) is 1.85. The number of carbonyl (C=O) groups excluding carboxylic acids is 1. The molecule has 0 fully saturated rings. The molecule has 0 heterocycles. The van der Waals surface area contributed by atoms with Crippen molar-refractivity contribution in [2.24, 2.45) is 0 Å². The van der Waals surface area contributed by atoms with Gasteiger partial charge in [0.1, 0.15) is 11.6 Å². The highest BCUT2D eigenvalue weighted by atomic mass is 79.9. The molecule has 100 valence electrons. The zero-order valence-corrected chi connectivity index (χ0v) is 12.1. The summed E-state index contributed by atoms with van der Waals surface area (Å²) in [4.78, 5) is 11.8. The van der Waals surface area contributed by atoms with Crippen LogP contribution in [0, 0.1) is 11.6 Å². The van der Waals surface area contributed by atoms with Crippen LogP contribution in [0.4, 0.5) is 8.78 Å².